The molecule has 7 heteroatoms. The molecule has 0 N–H and O–H groups in total. The normalized spacial score (nSPS) is 13.9. The van der Waals surface area contributed by atoms with E-state index in [0.717, 1.165) is 6.42 Å². The van der Waals surface area contributed by atoms with Crippen LogP contribution in [0.4, 0.5) is 0 Å². The zero-order chi connectivity index (χ0) is 15.4. The van der Waals surface area contributed by atoms with Gasteiger partial charge in [-0.05, 0) is 41.0 Å². The van der Waals surface area contributed by atoms with Crippen molar-refractivity contribution in [3.8, 4) is 0 Å². The lowest BCUT2D eigenvalue weighted by atomic mass is 10.6. The Morgan fingerprint density at radius 2 is 1.10 bits per heavy atom. The second-order valence-electron chi connectivity index (χ2n) is 4.05. The van der Waals surface area contributed by atoms with Crippen molar-refractivity contribution in [2.24, 2.45) is 0 Å². The molecule has 5 nitrogen and oxygen atoms in total. The predicted molar refractivity (Wildman–Crippen MR) is 83.7 cm³/mol. The summed E-state index contributed by atoms with van der Waals surface area (Å²) in [5.41, 5.74) is 0. The van der Waals surface area contributed by atoms with E-state index in [9.17, 15) is 0 Å². The molecule has 0 aliphatic rings. The molecule has 0 heterocycles. The van der Waals surface area contributed by atoms with E-state index in [4.69, 9.17) is 22.1 Å². The van der Waals surface area contributed by atoms with E-state index in [2.05, 4.69) is 6.92 Å². The van der Waals surface area contributed by atoms with Gasteiger partial charge in [-0.15, -0.1) is 0 Å². The molecule has 0 spiro atoms. The Hall–Kier alpha value is 0.234. The minimum absolute atomic E-state index is 0.0900. The Labute approximate surface area is 127 Å². The van der Waals surface area contributed by atoms with Crippen LogP contribution in [-0.2, 0) is 22.1 Å². The van der Waals surface area contributed by atoms with Crippen LogP contribution in [0.3, 0.4) is 0 Å². The number of hydrogen-bond acceptors (Lipinski definition) is 5. The van der Waals surface area contributed by atoms with Gasteiger partial charge in [0, 0.05) is 33.0 Å². The van der Waals surface area contributed by atoms with E-state index < -0.39 is 18.1 Å². The topological polar surface area (TPSA) is 46.2 Å². The van der Waals surface area contributed by atoms with Gasteiger partial charge in [0.15, 0.2) is 0 Å². The van der Waals surface area contributed by atoms with Crippen molar-refractivity contribution >= 4 is 18.1 Å². The van der Waals surface area contributed by atoms with Gasteiger partial charge in [0.1, 0.15) is 0 Å². The van der Waals surface area contributed by atoms with Crippen molar-refractivity contribution in [1.29, 1.82) is 0 Å². The van der Waals surface area contributed by atoms with Gasteiger partial charge < -0.3 is 22.1 Å². The van der Waals surface area contributed by atoms with E-state index in [0.29, 0.717) is 33.0 Å². The van der Waals surface area contributed by atoms with Crippen LogP contribution in [0.5, 0.6) is 0 Å². The van der Waals surface area contributed by atoms with Gasteiger partial charge in [-0.3, -0.25) is 0 Å². The second-order valence-corrected chi connectivity index (χ2v) is 9.31. The second kappa shape index (κ2) is 11.8. The van der Waals surface area contributed by atoms with Gasteiger partial charge in [0.2, 0.25) is 0 Å². The van der Waals surface area contributed by atoms with Crippen molar-refractivity contribution in [2.45, 2.75) is 53.1 Å². The summed E-state index contributed by atoms with van der Waals surface area (Å²) in [4.78, 5) is 0. The van der Waals surface area contributed by atoms with Gasteiger partial charge in [0.05, 0.1) is 5.16 Å². The molecule has 20 heavy (non-hydrogen) atoms. The Balaban J connectivity index is 5.27. The van der Waals surface area contributed by atoms with Gasteiger partial charge in [-0.25, -0.2) is 0 Å². The lowest BCUT2D eigenvalue weighted by Crippen LogP contribution is -2.56. The Kier molecular flexibility index (Phi) is 12.0. The SMILES string of the molecule is CCO[Si](OCC)C(CC)[Si](OCC)(OCC)OCC. The highest BCUT2D eigenvalue weighted by Gasteiger charge is 2.54. The zero-order valence-corrected chi connectivity index (χ0v) is 15.9. The van der Waals surface area contributed by atoms with Crippen molar-refractivity contribution in [1.82, 2.24) is 0 Å². The molecular weight excluding hydrogens is 292 g/mol. The molecule has 0 amide bonds. The third kappa shape index (κ3) is 5.92. The average Bonchev–Trinajstić information content (AvgIpc) is 2.41. The first-order valence-corrected chi connectivity index (χ1v) is 10.9. The third-order valence-electron chi connectivity index (χ3n) is 2.73. The molecule has 0 aromatic rings. The van der Waals surface area contributed by atoms with E-state index >= 15 is 0 Å². The largest absolute Gasteiger partial charge is 0.506 e. The van der Waals surface area contributed by atoms with Gasteiger partial charge in [-0.1, -0.05) is 6.92 Å². The Morgan fingerprint density at radius 1 is 0.700 bits per heavy atom. The van der Waals surface area contributed by atoms with Crippen molar-refractivity contribution in [3.05, 3.63) is 0 Å². The van der Waals surface area contributed by atoms with Crippen LogP contribution in [0.1, 0.15) is 48.0 Å². The fourth-order valence-corrected chi connectivity index (χ4v) is 8.47. The lowest BCUT2D eigenvalue weighted by Gasteiger charge is -2.36. The first kappa shape index (κ1) is 20.2. The fraction of sp³-hybridized carbons (Fsp3) is 1.00. The minimum atomic E-state index is -2.77. The molecule has 121 valence electrons. The molecule has 0 fully saturated rings. The predicted octanol–water partition coefficient (Wildman–Crippen LogP) is 2.92. The molecule has 1 unspecified atom stereocenters. The Bertz CT molecular complexity index is 208. The fourth-order valence-electron chi connectivity index (χ4n) is 2.12. The molecule has 0 aliphatic carbocycles. The molecule has 0 aliphatic heterocycles. The molecule has 0 saturated heterocycles. The van der Waals surface area contributed by atoms with Crippen molar-refractivity contribution in [3.63, 3.8) is 0 Å². The first-order chi connectivity index (χ1) is 9.65. The highest BCUT2D eigenvalue weighted by molar-refractivity contribution is 6.76. The maximum atomic E-state index is 6.00. The summed E-state index contributed by atoms with van der Waals surface area (Å²) in [5, 5.41) is 0.0900. The molecule has 0 aromatic carbocycles. The molecule has 0 rings (SSSR count). The van der Waals surface area contributed by atoms with Crippen molar-refractivity contribution < 1.29 is 22.1 Å². The summed E-state index contributed by atoms with van der Waals surface area (Å²) in [6.45, 7) is 15.0. The molecule has 0 aromatic heterocycles. The van der Waals surface area contributed by atoms with E-state index in [1.54, 1.807) is 0 Å². The molecule has 1 radical (unpaired) electrons. The monoisotopic (exact) mass is 323 g/mol. The maximum absolute atomic E-state index is 6.00. The van der Waals surface area contributed by atoms with Crippen LogP contribution >= 0.6 is 0 Å². The standard InChI is InChI=1S/C13H31O5Si2/c1-7-13(19(14-8-2)15-9-3)20(16-10-4,17-11-5)18-12-6/h13H,7-12H2,1-6H3. The molecular formula is C13H31O5Si2. The first-order valence-electron chi connectivity index (χ1n) is 7.69. The number of rotatable bonds is 13. The van der Waals surface area contributed by atoms with Crippen LogP contribution < -0.4 is 0 Å². The smallest absolute Gasteiger partial charge is 0.393 e. The summed E-state index contributed by atoms with van der Waals surface area (Å²) in [5.74, 6) is 0. The van der Waals surface area contributed by atoms with E-state index in [1.807, 2.05) is 34.6 Å². The van der Waals surface area contributed by atoms with Gasteiger partial charge in [0.25, 0.3) is 0 Å². The molecule has 1 atom stereocenters. The summed E-state index contributed by atoms with van der Waals surface area (Å²) >= 11 is 0. The zero-order valence-electron chi connectivity index (χ0n) is 13.9. The molecule has 0 bridgehead atoms. The summed E-state index contributed by atoms with van der Waals surface area (Å²) < 4.78 is 29.7. The summed E-state index contributed by atoms with van der Waals surface area (Å²) in [6, 6.07) is 0. The van der Waals surface area contributed by atoms with E-state index in [-0.39, 0.29) is 5.16 Å². The summed E-state index contributed by atoms with van der Waals surface area (Å²) in [7, 11) is -4.24. The van der Waals surface area contributed by atoms with Crippen LogP contribution in [0.25, 0.3) is 0 Å². The average molecular weight is 324 g/mol. The maximum Gasteiger partial charge on any atom is 0.506 e. The highest BCUT2D eigenvalue weighted by Crippen LogP contribution is 2.32. The Morgan fingerprint density at radius 3 is 1.35 bits per heavy atom. The minimum Gasteiger partial charge on any atom is -0.393 e. The number of hydrogen-bond donors (Lipinski definition) is 0. The third-order valence-corrected chi connectivity index (χ3v) is 9.96. The van der Waals surface area contributed by atoms with E-state index in [1.165, 1.54) is 0 Å². The highest BCUT2D eigenvalue weighted by atomic mass is 28.4. The van der Waals surface area contributed by atoms with Gasteiger partial charge >= 0.3 is 18.1 Å². The molecule has 0 saturated carbocycles. The van der Waals surface area contributed by atoms with Crippen LogP contribution in [0, 0.1) is 0 Å². The van der Waals surface area contributed by atoms with Gasteiger partial charge in [-0.2, -0.15) is 0 Å². The van der Waals surface area contributed by atoms with Crippen molar-refractivity contribution in [2.75, 3.05) is 33.0 Å². The van der Waals surface area contributed by atoms with Crippen LogP contribution in [0.2, 0.25) is 5.16 Å². The quantitative estimate of drug-likeness (QED) is 0.488. The van der Waals surface area contributed by atoms with Crippen LogP contribution in [0.15, 0.2) is 0 Å². The summed E-state index contributed by atoms with van der Waals surface area (Å²) in [6.07, 6.45) is 0.876. The van der Waals surface area contributed by atoms with Crippen LogP contribution in [-0.4, -0.2) is 51.1 Å². The lowest BCUT2D eigenvalue weighted by molar-refractivity contribution is 0.0615.